The van der Waals surface area contributed by atoms with Crippen molar-refractivity contribution in [2.75, 3.05) is 0 Å². The van der Waals surface area contributed by atoms with Crippen LogP contribution in [0.15, 0.2) is 81.7 Å². The highest BCUT2D eigenvalue weighted by Gasteiger charge is 2.50. The number of aromatic nitrogens is 4. The highest BCUT2D eigenvalue weighted by Crippen LogP contribution is 2.53. The minimum atomic E-state index is -0.213. The molecule has 0 aliphatic heterocycles. The first-order valence-electron chi connectivity index (χ1n) is 11.7. The molecular formula is C28H21BrCl2N4O. The Morgan fingerprint density at radius 1 is 0.972 bits per heavy atom. The molecule has 0 atom stereocenters. The summed E-state index contributed by atoms with van der Waals surface area (Å²) in [4.78, 5) is 5.03. The Hall–Kier alpha value is -2.93. The smallest absolute Gasteiger partial charge is 0.268 e. The molecule has 1 aliphatic rings. The molecule has 1 aliphatic carbocycles. The predicted molar refractivity (Wildman–Crippen MR) is 146 cm³/mol. The Morgan fingerprint density at radius 3 is 2.39 bits per heavy atom. The van der Waals surface area contributed by atoms with Crippen molar-refractivity contribution in [3.63, 3.8) is 0 Å². The molecule has 3 aromatic carbocycles. The monoisotopic (exact) mass is 578 g/mol. The third-order valence-electron chi connectivity index (χ3n) is 6.68. The molecule has 0 saturated heterocycles. The maximum Gasteiger partial charge on any atom is 0.268 e. The molecule has 0 amide bonds. The van der Waals surface area contributed by atoms with Crippen LogP contribution in [0.2, 0.25) is 10.0 Å². The quantitative estimate of drug-likeness (QED) is 0.203. The van der Waals surface area contributed by atoms with E-state index < -0.39 is 0 Å². The second kappa shape index (κ2) is 9.18. The van der Waals surface area contributed by atoms with E-state index in [0.717, 1.165) is 34.3 Å². The van der Waals surface area contributed by atoms with Crippen LogP contribution in [0.25, 0.3) is 28.7 Å². The van der Waals surface area contributed by atoms with E-state index in [1.807, 2.05) is 54.6 Å². The zero-order valence-electron chi connectivity index (χ0n) is 19.4. The first kappa shape index (κ1) is 23.5. The van der Waals surface area contributed by atoms with Gasteiger partial charge in [0.25, 0.3) is 5.89 Å². The van der Waals surface area contributed by atoms with Crippen LogP contribution in [0.4, 0.5) is 0 Å². The third kappa shape index (κ3) is 3.97. The lowest BCUT2D eigenvalue weighted by molar-refractivity contribution is 0.471. The van der Waals surface area contributed by atoms with E-state index in [-0.39, 0.29) is 5.41 Å². The van der Waals surface area contributed by atoms with Gasteiger partial charge in [0.1, 0.15) is 11.5 Å². The molecule has 36 heavy (non-hydrogen) atoms. The van der Waals surface area contributed by atoms with E-state index in [1.54, 1.807) is 6.07 Å². The van der Waals surface area contributed by atoms with Crippen molar-refractivity contribution in [3.05, 3.63) is 104 Å². The summed E-state index contributed by atoms with van der Waals surface area (Å²) in [5.41, 5.74) is 4.33. The van der Waals surface area contributed by atoms with Crippen molar-refractivity contribution in [1.82, 2.24) is 19.7 Å². The first-order chi connectivity index (χ1) is 17.5. The van der Waals surface area contributed by atoms with E-state index in [2.05, 4.69) is 49.8 Å². The molecule has 2 aromatic heterocycles. The summed E-state index contributed by atoms with van der Waals surface area (Å²) in [5, 5.41) is 10.0. The topological polar surface area (TPSA) is 56.7 Å². The largest absolute Gasteiger partial charge is 0.418 e. The summed E-state index contributed by atoms with van der Waals surface area (Å²) in [6.07, 6.45) is 2.67. The van der Waals surface area contributed by atoms with Gasteiger partial charge in [0.2, 0.25) is 5.89 Å². The Labute approximate surface area is 227 Å². The molecule has 5 nitrogen and oxygen atoms in total. The van der Waals surface area contributed by atoms with Crippen molar-refractivity contribution < 1.29 is 4.42 Å². The normalized spacial score (nSPS) is 14.2. The van der Waals surface area contributed by atoms with Gasteiger partial charge >= 0.3 is 0 Å². The number of hydrogen-bond donors (Lipinski definition) is 0. The van der Waals surface area contributed by atoms with Crippen LogP contribution in [-0.4, -0.2) is 19.7 Å². The molecule has 8 heteroatoms. The van der Waals surface area contributed by atoms with E-state index in [0.29, 0.717) is 39.8 Å². The molecular weight excluding hydrogens is 559 g/mol. The standard InChI is InChI=1S/C28H21BrCl2N4O/c1-2-23-24(26-33-34-27(36-26)28(14-15-28)17-6-4-3-5-7-17)32-25(21-13-10-19(30)16-22(21)31)35(23)20-11-8-18(29)9-12-20/h3-13,16H,2,14-15H2,1H3. The first-order valence-corrected chi connectivity index (χ1v) is 13.3. The zero-order valence-corrected chi connectivity index (χ0v) is 22.5. The summed E-state index contributed by atoms with van der Waals surface area (Å²) in [7, 11) is 0. The Bertz CT molecular complexity index is 1560. The van der Waals surface area contributed by atoms with Crippen LogP contribution in [0.1, 0.15) is 36.9 Å². The fraction of sp³-hybridized carbons (Fsp3) is 0.179. The molecule has 0 spiro atoms. The average Bonchev–Trinajstić information content (AvgIpc) is 3.39. The van der Waals surface area contributed by atoms with Crippen LogP contribution in [0.5, 0.6) is 0 Å². The maximum atomic E-state index is 6.64. The fourth-order valence-electron chi connectivity index (χ4n) is 4.69. The molecule has 1 fully saturated rings. The molecule has 1 saturated carbocycles. The molecule has 6 rings (SSSR count). The number of rotatable bonds is 6. The molecule has 0 bridgehead atoms. The van der Waals surface area contributed by atoms with E-state index in [4.69, 9.17) is 32.6 Å². The minimum absolute atomic E-state index is 0.213. The summed E-state index contributed by atoms with van der Waals surface area (Å²) in [5.74, 6) is 1.73. The van der Waals surface area contributed by atoms with Crippen molar-refractivity contribution in [2.24, 2.45) is 0 Å². The lowest BCUT2D eigenvalue weighted by Crippen LogP contribution is -2.08. The van der Waals surface area contributed by atoms with Crippen molar-refractivity contribution in [2.45, 2.75) is 31.6 Å². The number of halogens is 3. The van der Waals surface area contributed by atoms with Gasteiger partial charge in [-0.05, 0) is 67.3 Å². The third-order valence-corrected chi connectivity index (χ3v) is 7.75. The SMILES string of the molecule is CCc1c(-c2nnc(C3(c4ccccc4)CC3)o2)nc(-c2ccc(Cl)cc2Cl)n1-c1ccc(Br)cc1. The van der Waals surface area contributed by atoms with E-state index in [1.165, 1.54) is 5.56 Å². The number of hydrogen-bond acceptors (Lipinski definition) is 4. The summed E-state index contributed by atoms with van der Waals surface area (Å²) >= 11 is 16.4. The van der Waals surface area contributed by atoms with Gasteiger partial charge in [-0.1, -0.05) is 76.4 Å². The summed E-state index contributed by atoms with van der Waals surface area (Å²) in [6.45, 7) is 2.09. The van der Waals surface area contributed by atoms with Crippen molar-refractivity contribution >= 4 is 39.1 Å². The molecule has 180 valence electrons. The van der Waals surface area contributed by atoms with E-state index in [9.17, 15) is 0 Å². The highest BCUT2D eigenvalue weighted by molar-refractivity contribution is 9.10. The zero-order chi connectivity index (χ0) is 24.9. The number of benzene rings is 3. The predicted octanol–water partition coefficient (Wildman–Crippen LogP) is 8.30. The van der Waals surface area contributed by atoms with Crippen LogP contribution in [-0.2, 0) is 11.8 Å². The van der Waals surface area contributed by atoms with Gasteiger partial charge in [-0.15, -0.1) is 10.2 Å². The van der Waals surface area contributed by atoms with Gasteiger partial charge in [0.05, 0.1) is 16.1 Å². The lowest BCUT2D eigenvalue weighted by Gasteiger charge is -2.13. The Kier molecular flexibility index (Phi) is 5.98. The maximum absolute atomic E-state index is 6.64. The van der Waals surface area contributed by atoms with Gasteiger partial charge in [-0.3, -0.25) is 4.57 Å². The number of nitrogens with zero attached hydrogens (tertiary/aromatic N) is 4. The van der Waals surface area contributed by atoms with Gasteiger partial charge in [-0.2, -0.15) is 0 Å². The van der Waals surface area contributed by atoms with Crippen molar-refractivity contribution in [3.8, 4) is 28.7 Å². The molecule has 0 radical (unpaired) electrons. The molecule has 5 aromatic rings. The van der Waals surface area contributed by atoms with Crippen LogP contribution in [0, 0.1) is 0 Å². The van der Waals surface area contributed by atoms with Crippen LogP contribution < -0.4 is 0 Å². The summed E-state index contributed by atoms with van der Waals surface area (Å²) < 4.78 is 9.44. The number of imidazole rings is 1. The van der Waals surface area contributed by atoms with Crippen LogP contribution in [0.3, 0.4) is 0 Å². The highest BCUT2D eigenvalue weighted by atomic mass is 79.9. The van der Waals surface area contributed by atoms with Crippen molar-refractivity contribution in [1.29, 1.82) is 0 Å². The van der Waals surface area contributed by atoms with Gasteiger partial charge in [-0.25, -0.2) is 4.98 Å². The Morgan fingerprint density at radius 2 is 1.72 bits per heavy atom. The molecule has 0 N–H and O–H groups in total. The second-order valence-corrected chi connectivity index (χ2v) is 10.6. The van der Waals surface area contributed by atoms with Gasteiger partial charge < -0.3 is 4.42 Å². The van der Waals surface area contributed by atoms with Gasteiger partial charge in [0, 0.05) is 20.7 Å². The summed E-state index contributed by atoms with van der Waals surface area (Å²) in [6, 6.07) is 23.9. The second-order valence-electron chi connectivity index (χ2n) is 8.88. The minimum Gasteiger partial charge on any atom is -0.418 e. The average molecular weight is 580 g/mol. The van der Waals surface area contributed by atoms with Gasteiger partial charge in [0.15, 0.2) is 0 Å². The lowest BCUT2D eigenvalue weighted by atomic mass is 9.96. The Balaban J connectivity index is 1.52. The molecule has 0 unspecified atom stereocenters. The fourth-order valence-corrected chi connectivity index (χ4v) is 5.45. The van der Waals surface area contributed by atoms with Crippen LogP contribution >= 0.6 is 39.1 Å². The molecule has 2 heterocycles. The van der Waals surface area contributed by atoms with E-state index >= 15 is 0 Å².